The van der Waals surface area contributed by atoms with Gasteiger partial charge in [0, 0.05) is 23.1 Å². The van der Waals surface area contributed by atoms with Crippen molar-refractivity contribution in [1.82, 2.24) is 0 Å². The van der Waals surface area contributed by atoms with Crippen LogP contribution in [-0.2, 0) is 6.42 Å². The second-order valence-corrected chi connectivity index (χ2v) is 7.42. The van der Waals surface area contributed by atoms with Crippen LogP contribution in [0.5, 0.6) is 5.75 Å². The predicted octanol–water partition coefficient (Wildman–Crippen LogP) is 1.99. The van der Waals surface area contributed by atoms with E-state index in [1.165, 1.54) is 0 Å². The Kier molecular flexibility index (Phi) is 5.73. The number of ketones is 1. The highest BCUT2D eigenvalue weighted by atomic mass is 127. The van der Waals surface area contributed by atoms with Crippen molar-refractivity contribution in [2.24, 2.45) is 0 Å². The van der Waals surface area contributed by atoms with Gasteiger partial charge in [-0.15, -0.1) is 0 Å². The highest BCUT2D eigenvalue weighted by Gasteiger charge is 2.26. The third-order valence-electron chi connectivity index (χ3n) is 4.48. The molecule has 4 nitrogen and oxygen atoms in total. The van der Waals surface area contributed by atoms with Crippen LogP contribution in [0.2, 0.25) is 0 Å². The summed E-state index contributed by atoms with van der Waals surface area (Å²) < 4.78 is 11.8. The summed E-state index contributed by atoms with van der Waals surface area (Å²) in [5.41, 5.74) is 8.46. The number of nitrogens with two attached hydrogens (primary N) is 1. The van der Waals surface area contributed by atoms with Crippen LogP contribution in [0.15, 0.2) is 21.0 Å². The Bertz CT molecular complexity index is 1070. The molecule has 0 saturated heterocycles. The molecule has 1 heterocycles. The van der Waals surface area contributed by atoms with Crippen LogP contribution in [0.1, 0.15) is 34.2 Å². The van der Waals surface area contributed by atoms with Crippen molar-refractivity contribution < 1.29 is 12.3 Å². The Balaban J connectivity index is 2.33. The van der Waals surface area contributed by atoms with Gasteiger partial charge in [0.2, 0.25) is 0 Å². The Labute approximate surface area is 183 Å². The van der Waals surface area contributed by atoms with Crippen LogP contribution >= 0.6 is 38.9 Å². The molecule has 27 heavy (non-hydrogen) atoms. The second kappa shape index (κ2) is 7.58. The van der Waals surface area contributed by atoms with E-state index in [0.29, 0.717) is 38.9 Å². The molecule has 0 amide bonds. The average molecular weight is 530 g/mol. The maximum atomic E-state index is 13.4. The monoisotopic (exact) mass is 529 g/mol. The van der Waals surface area contributed by atoms with E-state index in [0.717, 1.165) is 5.56 Å². The minimum Gasteiger partial charge on any atom is -0.461 e. The first-order valence-electron chi connectivity index (χ1n) is 8.03. The number of fused-ring (bicyclic) bond motifs is 1. The molecule has 0 unspecified atom stereocenters. The molecule has 0 atom stereocenters. The Morgan fingerprint density at radius 1 is 1.26 bits per heavy atom. The molecule has 0 saturated carbocycles. The SMILES string of the molecule is [B]c1c(N)c([B])c2oc(CC)c(C(=O)c3cc(C)c(OI)c(Br)c3)c2c1[B]. The lowest BCUT2D eigenvalue weighted by Crippen LogP contribution is -2.35. The van der Waals surface area contributed by atoms with Crippen molar-refractivity contribution in [3.8, 4) is 5.75 Å². The van der Waals surface area contributed by atoms with Gasteiger partial charge >= 0.3 is 0 Å². The summed E-state index contributed by atoms with van der Waals surface area (Å²) in [7, 11) is 18.2. The summed E-state index contributed by atoms with van der Waals surface area (Å²) in [6.45, 7) is 3.73. The second-order valence-electron chi connectivity index (χ2n) is 6.12. The van der Waals surface area contributed by atoms with E-state index in [-0.39, 0.29) is 33.4 Å². The lowest BCUT2D eigenvalue weighted by molar-refractivity contribution is 0.103. The van der Waals surface area contributed by atoms with Crippen LogP contribution in [0.25, 0.3) is 11.0 Å². The third kappa shape index (κ3) is 3.22. The van der Waals surface area contributed by atoms with E-state index in [2.05, 4.69) is 15.9 Å². The summed E-state index contributed by atoms with van der Waals surface area (Å²) in [5.74, 6) is 0.881. The number of carbonyl (C=O) groups is 1. The first-order chi connectivity index (χ1) is 12.7. The Hall–Kier alpha value is -1.35. The fourth-order valence-corrected chi connectivity index (χ4v) is 4.59. The molecule has 9 heteroatoms. The molecule has 0 aliphatic carbocycles. The highest BCUT2D eigenvalue weighted by molar-refractivity contribution is 14.1. The normalized spacial score (nSPS) is 11.1. The van der Waals surface area contributed by atoms with E-state index in [1.54, 1.807) is 35.1 Å². The Morgan fingerprint density at radius 3 is 2.48 bits per heavy atom. The van der Waals surface area contributed by atoms with Gasteiger partial charge in [0.05, 0.1) is 10.0 Å². The average Bonchev–Trinajstić information content (AvgIpc) is 3.03. The smallest absolute Gasteiger partial charge is 0.197 e. The molecular weight excluding hydrogens is 517 g/mol. The third-order valence-corrected chi connectivity index (χ3v) is 5.51. The topological polar surface area (TPSA) is 65.5 Å². The molecule has 1 aromatic heterocycles. The van der Waals surface area contributed by atoms with Crippen molar-refractivity contribution in [3.63, 3.8) is 0 Å². The first-order valence-corrected chi connectivity index (χ1v) is 9.70. The summed E-state index contributed by atoms with van der Waals surface area (Å²) >= 11 is 5.23. The maximum Gasteiger partial charge on any atom is 0.197 e. The number of rotatable bonds is 4. The molecule has 0 aliphatic rings. The van der Waals surface area contributed by atoms with E-state index in [4.69, 9.17) is 36.8 Å². The summed E-state index contributed by atoms with van der Waals surface area (Å²) in [6.07, 6.45) is 0.476. The van der Waals surface area contributed by atoms with E-state index >= 15 is 0 Å². The van der Waals surface area contributed by atoms with Gasteiger partial charge in [0.1, 0.15) is 34.9 Å². The molecule has 0 spiro atoms. The number of hydrogen-bond acceptors (Lipinski definition) is 4. The molecule has 0 aliphatic heterocycles. The summed E-state index contributed by atoms with van der Waals surface area (Å²) in [5, 5.41) is 0.393. The summed E-state index contributed by atoms with van der Waals surface area (Å²) in [4.78, 5) is 13.4. The number of benzene rings is 2. The number of hydrogen-bond donors (Lipinski definition) is 1. The highest BCUT2D eigenvalue weighted by Crippen LogP contribution is 2.34. The predicted molar refractivity (Wildman–Crippen MR) is 123 cm³/mol. The Morgan fingerprint density at radius 2 is 1.93 bits per heavy atom. The van der Waals surface area contributed by atoms with Crippen molar-refractivity contribution in [2.45, 2.75) is 20.3 Å². The quantitative estimate of drug-likeness (QED) is 0.243. The van der Waals surface area contributed by atoms with Crippen molar-refractivity contribution in [2.75, 3.05) is 5.73 Å². The van der Waals surface area contributed by atoms with Gasteiger partial charge in [-0.3, -0.25) is 4.79 Å². The molecule has 0 bridgehead atoms. The van der Waals surface area contributed by atoms with Crippen LogP contribution < -0.4 is 25.2 Å². The van der Waals surface area contributed by atoms with E-state index in [1.807, 2.05) is 13.8 Å². The van der Waals surface area contributed by atoms with Crippen molar-refractivity contribution in [1.29, 1.82) is 0 Å². The molecule has 0 fully saturated rings. The fraction of sp³-hybridized carbons (Fsp3) is 0.167. The minimum atomic E-state index is -0.246. The largest absolute Gasteiger partial charge is 0.461 e. The number of aryl methyl sites for hydroxylation is 2. The van der Waals surface area contributed by atoms with Gasteiger partial charge in [0.25, 0.3) is 0 Å². The molecule has 6 radical (unpaired) electrons. The number of carbonyl (C=O) groups excluding carboxylic acids is 1. The van der Waals surface area contributed by atoms with Crippen molar-refractivity contribution in [3.05, 3.63) is 39.1 Å². The van der Waals surface area contributed by atoms with Gasteiger partial charge in [-0.2, -0.15) is 0 Å². The minimum absolute atomic E-state index is 0.142. The molecule has 2 N–H and O–H groups in total. The van der Waals surface area contributed by atoms with Crippen molar-refractivity contribution >= 4 is 101 Å². The standard InChI is InChI=1S/C18H12B3BrINO3/c1-3-9-10(11-12(19)13(20)15(24)14(21)18(11)26-9)16(25)7-4-6(2)17(27-23)8(22)5-7/h4-5H,3,24H2,1-2H3. The molecule has 2 aromatic carbocycles. The van der Waals surface area contributed by atoms with Gasteiger partial charge < -0.3 is 13.2 Å². The van der Waals surface area contributed by atoms with Gasteiger partial charge in [-0.05, 0) is 46.0 Å². The van der Waals surface area contributed by atoms with Gasteiger partial charge in [-0.1, -0.05) is 17.8 Å². The summed E-state index contributed by atoms with van der Waals surface area (Å²) in [6, 6.07) is 3.45. The maximum absolute atomic E-state index is 13.4. The number of nitrogen functional groups attached to an aromatic ring is 1. The molecule has 3 aromatic rings. The first kappa shape index (κ1) is 20.4. The molecule has 3 rings (SSSR count). The van der Waals surface area contributed by atoms with E-state index < -0.39 is 0 Å². The lowest BCUT2D eigenvalue weighted by atomic mass is 9.72. The zero-order valence-electron chi connectivity index (χ0n) is 14.7. The van der Waals surface area contributed by atoms with E-state index in [9.17, 15) is 4.79 Å². The van der Waals surface area contributed by atoms with Gasteiger partial charge in [0.15, 0.2) is 34.5 Å². The van der Waals surface area contributed by atoms with Crippen LogP contribution in [0.4, 0.5) is 5.69 Å². The van der Waals surface area contributed by atoms with Crippen LogP contribution in [-0.4, -0.2) is 29.3 Å². The van der Waals surface area contributed by atoms with Crippen LogP contribution in [0, 0.1) is 6.92 Å². The zero-order chi connectivity index (χ0) is 20.0. The van der Waals surface area contributed by atoms with Gasteiger partial charge in [-0.25, -0.2) is 0 Å². The fourth-order valence-electron chi connectivity index (χ4n) is 3.07. The number of furan rings is 1. The lowest BCUT2D eigenvalue weighted by Gasteiger charge is -2.12. The number of halogens is 2. The van der Waals surface area contributed by atoms with Crippen LogP contribution in [0.3, 0.4) is 0 Å². The number of anilines is 1. The zero-order valence-corrected chi connectivity index (χ0v) is 18.4. The molecular formula is C18H12B3BrINO3. The molecule has 130 valence electrons.